The van der Waals surface area contributed by atoms with Crippen LogP contribution >= 0.6 is 11.8 Å². The Morgan fingerprint density at radius 2 is 1.85 bits per heavy atom. The molecule has 1 unspecified atom stereocenters. The van der Waals surface area contributed by atoms with E-state index in [1.165, 1.54) is 10.5 Å². The lowest BCUT2D eigenvalue weighted by molar-refractivity contribution is 0.0870. The van der Waals surface area contributed by atoms with E-state index in [0.717, 1.165) is 72.9 Å². The Morgan fingerprint density at radius 3 is 2.59 bits per heavy atom. The molecule has 5 nitrogen and oxygen atoms in total. The molecule has 6 heteroatoms. The van der Waals surface area contributed by atoms with E-state index in [4.69, 9.17) is 4.98 Å². The van der Waals surface area contributed by atoms with Gasteiger partial charge in [0.2, 0.25) is 0 Å². The van der Waals surface area contributed by atoms with Crippen molar-refractivity contribution >= 4 is 17.5 Å². The molecule has 0 fully saturated rings. The quantitative estimate of drug-likeness (QED) is 0.330. The molecule has 34 heavy (non-hydrogen) atoms. The van der Waals surface area contributed by atoms with E-state index < -0.39 is 5.41 Å². The molecule has 1 atom stereocenters. The standard InChI is InChI=1S/C28H34N4OS/c1-5-34-23-11-8-21(9-12-23)18-29-16-6-7-22-10-13-24-25(32-22)14-15-28(4,27(24)33)26-17-19(2)30-20(3)31-26/h8-13,17,29H,5-7,14-16,18H2,1-4H3. The zero-order chi connectivity index (χ0) is 24.1. The number of aromatic nitrogens is 3. The highest BCUT2D eigenvalue weighted by atomic mass is 32.2. The van der Waals surface area contributed by atoms with Gasteiger partial charge in [-0.3, -0.25) is 9.78 Å². The average molecular weight is 475 g/mol. The molecule has 0 radical (unpaired) electrons. The van der Waals surface area contributed by atoms with Gasteiger partial charge in [-0.2, -0.15) is 0 Å². The highest BCUT2D eigenvalue weighted by Crippen LogP contribution is 2.37. The number of fused-ring (bicyclic) bond motifs is 1. The number of benzene rings is 1. The first-order chi connectivity index (χ1) is 16.4. The van der Waals surface area contributed by atoms with Crippen LogP contribution in [0.1, 0.15) is 71.2 Å². The van der Waals surface area contributed by atoms with Crippen LogP contribution in [0.5, 0.6) is 0 Å². The number of carbonyl (C=O) groups excluding carboxylic acids is 1. The lowest BCUT2D eigenvalue weighted by Gasteiger charge is -2.32. The van der Waals surface area contributed by atoms with Crippen LogP contribution in [-0.2, 0) is 24.8 Å². The van der Waals surface area contributed by atoms with Crippen molar-refractivity contribution in [2.24, 2.45) is 0 Å². The first-order valence-corrected chi connectivity index (χ1v) is 13.2. The largest absolute Gasteiger partial charge is 0.313 e. The van der Waals surface area contributed by atoms with Crippen LogP contribution in [0.25, 0.3) is 0 Å². The summed E-state index contributed by atoms with van der Waals surface area (Å²) in [6, 6.07) is 14.7. The average Bonchev–Trinajstić information content (AvgIpc) is 2.82. The molecular formula is C28H34N4OS. The van der Waals surface area contributed by atoms with Gasteiger partial charge in [0.15, 0.2) is 5.78 Å². The summed E-state index contributed by atoms with van der Waals surface area (Å²) in [5, 5.41) is 3.53. The fraction of sp³-hybridized carbons (Fsp3) is 0.429. The van der Waals surface area contributed by atoms with Gasteiger partial charge in [-0.05, 0) is 94.6 Å². The van der Waals surface area contributed by atoms with Crippen LogP contribution in [0.3, 0.4) is 0 Å². The van der Waals surface area contributed by atoms with Crippen LogP contribution in [-0.4, -0.2) is 33.0 Å². The summed E-state index contributed by atoms with van der Waals surface area (Å²) in [5.41, 5.74) is 5.15. The van der Waals surface area contributed by atoms with E-state index >= 15 is 0 Å². The molecule has 0 amide bonds. The van der Waals surface area contributed by atoms with Crippen molar-refractivity contribution in [3.05, 3.63) is 82.2 Å². The van der Waals surface area contributed by atoms with Gasteiger partial charge in [0.05, 0.1) is 16.8 Å². The smallest absolute Gasteiger partial charge is 0.176 e. The normalized spacial score (nSPS) is 17.6. The number of hydrogen-bond donors (Lipinski definition) is 1. The van der Waals surface area contributed by atoms with Crippen molar-refractivity contribution in [2.45, 2.75) is 70.2 Å². The molecular weight excluding hydrogens is 440 g/mol. The first kappa shape index (κ1) is 24.6. The van der Waals surface area contributed by atoms with Crippen LogP contribution in [0.4, 0.5) is 0 Å². The molecule has 1 N–H and O–H groups in total. The Bertz CT molecular complexity index is 1140. The van der Waals surface area contributed by atoms with E-state index in [2.05, 4.69) is 46.5 Å². The molecule has 0 spiro atoms. The number of ketones is 1. The molecule has 2 heterocycles. The molecule has 1 aromatic carbocycles. The predicted molar refractivity (Wildman–Crippen MR) is 139 cm³/mol. The number of aryl methyl sites for hydroxylation is 4. The van der Waals surface area contributed by atoms with E-state index in [-0.39, 0.29) is 5.78 Å². The summed E-state index contributed by atoms with van der Waals surface area (Å²) in [4.78, 5) is 28.6. The number of thioether (sulfide) groups is 1. The zero-order valence-electron chi connectivity index (χ0n) is 20.6. The van der Waals surface area contributed by atoms with Crippen molar-refractivity contribution in [1.29, 1.82) is 0 Å². The number of Topliss-reactive ketones (excluding diaryl/α,β-unsaturated/α-hetero) is 1. The third-order valence-corrected chi connectivity index (χ3v) is 7.41. The number of hydrogen-bond acceptors (Lipinski definition) is 6. The lowest BCUT2D eigenvalue weighted by Crippen LogP contribution is -2.39. The molecule has 3 aromatic rings. The second-order valence-electron chi connectivity index (χ2n) is 9.26. The van der Waals surface area contributed by atoms with Gasteiger partial charge in [0.1, 0.15) is 5.82 Å². The molecule has 0 aliphatic heterocycles. The SMILES string of the molecule is CCSc1ccc(CNCCCc2ccc3c(n2)CCC(C)(c2cc(C)nc(C)n2)C3=O)cc1. The minimum absolute atomic E-state index is 0.121. The fourth-order valence-electron chi connectivity index (χ4n) is 4.60. The number of carbonyl (C=O) groups is 1. The Kier molecular flexibility index (Phi) is 7.79. The Morgan fingerprint density at radius 1 is 1.06 bits per heavy atom. The molecule has 4 rings (SSSR count). The monoisotopic (exact) mass is 474 g/mol. The summed E-state index contributed by atoms with van der Waals surface area (Å²) in [7, 11) is 0. The molecule has 178 valence electrons. The maximum atomic E-state index is 13.5. The number of nitrogens with zero attached hydrogens (tertiary/aromatic N) is 3. The summed E-state index contributed by atoms with van der Waals surface area (Å²) < 4.78 is 0. The maximum Gasteiger partial charge on any atom is 0.176 e. The third kappa shape index (κ3) is 5.56. The van der Waals surface area contributed by atoms with Gasteiger partial charge in [-0.15, -0.1) is 11.8 Å². The fourth-order valence-corrected chi connectivity index (χ4v) is 5.27. The Balaban J connectivity index is 1.32. The topological polar surface area (TPSA) is 67.8 Å². The van der Waals surface area contributed by atoms with Crippen molar-refractivity contribution in [1.82, 2.24) is 20.3 Å². The number of nitrogens with one attached hydrogen (secondary N) is 1. The van der Waals surface area contributed by atoms with Crippen molar-refractivity contribution < 1.29 is 4.79 Å². The van der Waals surface area contributed by atoms with E-state index in [9.17, 15) is 4.79 Å². The zero-order valence-corrected chi connectivity index (χ0v) is 21.5. The van der Waals surface area contributed by atoms with Gasteiger partial charge in [-0.1, -0.05) is 19.1 Å². The molecule has 1 aliphatic rings. The van der Waals surface area contributed by atoms with Crippen molar-refractivity contribution in [2.75, 3.05) is 12.3 Å². The van der Waals surface area contributed by atoms with E-state index in [1.54, 1.807) is 0 Å². The Labute approximate surface area is 207 Å². The maximum absolute atomic E-state index is 13.5. The van der Waals surface area contributed by atoms with Gasteiger partial charge >= 0.3 is 0 Å². The summed E-state index contributed by atoms with van der Waals surface area (Å²) >= 11 is 1.87. The van der Waals surface area contributed by atoms with Crippen LogP contribution < -0.4 is 5.32 Å². The summed E-state index contributed by atoms with van der Waals surface area (Å²) in [6.45, 7) is 9.83. The minimum atomic E-state index is -0.619. The van der Waals surface area contributed by atoms with Crippen LogP contribution in [0.2, 0.25) is 0 Å². The Hall–Kier alpha value is -2.57. The first-order valence-electron chi connectivity index (χ1n) is 12.2. The predicted octanol–water partition coefficient (Wildman–Crippen LogP) is 5.41. The molecule has 1 aliphatic carbocycles. The highest BCUT2D eigenvalue weighted by Gasteiger charge is 2.42. The number of pyridine rings is 1. The third-order valence-electron chi connectivity index (χ3n) is 6.52. The van der Waals surface area contributed by atoms with E-state index in [0.29, 0.717) is 5.82 Å². The number of rotatable bonds is 9. The van der Waals surface area contributed by atoms with Crippen LogP contribution in [0.15, 0.2) is 47.4 Å². The molecule has 0 saturated heterocycles. The summed E-state index contributed by atoms with van der Waals surface area (Å²) in [6.07, 6.45) is 3.43. The minimum Gasteiger partial charge on any atom is -0.313 e. The van der Waals surface area contributed by atoms with E-state index in [1.807, 2.05) is 50.7 Å². The van der Waals surface area contributed by atoms with Crippen LogP contribution in [0, 0.1) is 13.8 Å². The lowest BCUT2D eigenvalue weighted by atomic mass is 9.70. The molecule has 0 bridgehead atoms. The van der Waals surface area contributed by atoms with Gasteiger partial charge in [0, 0.05) is 28.4 Å². The highest BCUT2D eigenvalue weighted by molar-refractivity contribution is 7.99. The second-order valence-corrected chi connectivity index (χ2v) is 10.6. The van der Waals surface area contributed by atoms with Crippen molar-refractivity contribution in [3.63, 3.8) is 0 Å². The van der Waals surface area contributed by atoms with Gasteiger partial charge in [-0.25, -0.2) is 9.97 Å². The second kappa shape index (κ2) is 10.8. The molecule has 2 aromatic heterocycles. The molecule has 0 saturated carbocycles. The van der Waals surface area contributed by atoms with Gasteiger partial charge < -0.3 is 5.32 Å². The van der Waals surface area contributed by atoms with Crippen molar-refractivity contribution in [3.8, 4) is 0 Å². The van der Waals surface area contributed by atoms with Gasteiger partial charge in [0.25, 0.3) is 0 Å². The summed E-state index contributed by atoms with van der Waals surface area (Å²) in [5.74, 6) is 1.93.